The number of benzene rings is 1. The van der Waals surface area contributed by atoms with Crippen LogP contribution >= 0.6 is 0 Å². The molecule has 0 aliphatic rings. The Labute approximate surface area is 122 Å². The first-order valence-electron chi connectivity index (χ1n) is 4.72. The number of hydrogen-bond donors (Lipinski definition) is 3. The third kappa shape index (κ3) is 3.65. The molecule has 1 heterocycles. The van der Waals surface area contributed by atoms with Gasteiger partial charge in [-0.15, -0.1) is 0 Å². The van der Waals surface area contributed by atoms with Crippen molar-refractivity contribution in [1.29, 1.82) is 0 Å². The first-order chi connectivity index (χ1) is 7.18. The molecule has 0 aliphatic carbocycles. The Hall–Kier alpha value is -0.667. The summed E-state index contributed by atoms with van der Waals surface area (Å²) in [5, 5.41) is 9.75. The molecule has 0 spiro atoms. The predicted molar refractivity (Wildman–Crippen MR) is 57.6 cm³/mol. The number of carboxylic acids is 1. The van der Waals surface area contributed by atoms with Gasteiger partial charge in [-0.25, -0.2) is 0 Å². The summed E-state index contributed by atoms with van der Waals surface area (Å²) < 4.78 is 0. The number of nitrogens with two attached hydrogens (primary N) is 1. The van der Waals surface area contributed by atoms with Crippen LogP contribution in [0.1, 0.15) is 5.56 Å². The normalized spacial score (nSPS) is 11.4. The Morgan fingerprint density at radius 2 is 2.06 bits per heavy atom. The molecule has 2 aromatic rings. The Morgan fingerprint density at radius 1 is 1.41 bits per heavy atom. The number of aromatic nitrogens is 1. The molecule has 91 valence electrons. The standard InChI is InChI=1S/C11H12N2O2.Cu.Zn/c12-9(11(14)15)5-7-6-13-10-4-2-1-3-8(7)10;;/h1-4,6,9,13H,5,12H2,(H,14,15);;/t9-;;/m0../s1. The quantitative estimate of drug-likeness (QED) is 0.737. The number of nitrogens with one attached hydrogen (secondary N) is 1. The van der Waals surface area contributed by atoms with Crippen LogP contribution in [-0.4, -0.2) is 22.1 Å². The third-order valence-electron chi connectivity index (χ3n) is 2.43. The van der Waals surface area contributed by atoms with Gasteiger partial charge < -0.3 is 15.8 Å². The Kier molecular flexibility index (Phi) is 6.65. The van der Waals surface area contributed by atoms with Crippen molar-refractivity contribution in [3.8, 4) is 0 Å². The molecule has 6 heteroatoms. The summed E-state index contributed by atoms with van der Waals surface area (Å²) in [7, 11) is 0. The number of rotatable bonds is 3. The molecule has 1 radical (unpaired) electrons. The monoisotopic (exact) mass is 331 g/mol. The van der Waals surface area contributed by atoms with Gasteiger partial charge in [-0.05, 0) is 11.6 Å². The SMILES string of the molecule is N[C@@H](Cc1c[nH]c2ccccc12)C(=O)O.[Cu].[Zn]. The molecule has 0 fully saturated rings. The van der Waals surface area contributed by atoms with E-state index in [1.165, 1.54) is 0 Å². The van der Waals surface area contributed by atoms with Crippen molar-refractivity contribution in [2.75, 3.05) is 0 Å². The molecule has 0 bridgehead atoms. The van der Waals surface area contributed by atoms with Crippen LogP contribution in [0.25, 0.3) is 10.9 Å². The second-order valence-corrected chi connectivity index (χ2v) is 3.51. The summed E-state index contributed by atoms with van der Waals surface area (Å²) in [6.45, 7) is 0. The number of para-hydroxylation sites is 1. The van der Waals surface area contributed by atoms with Crippen LogP contribution < -0.4 is 5.73 Å². The molecular weight excluding hydrogens is 321 g/mol. The van der Waals surface area contributed by atoms with Crippen molar-refractivity contribution in [1.82, 2.24) is 4.98 Å². The third-order valence-corrected chi connectivity index (χ3v) is 2.43. The molecule has 0 aliphatic heterocycles. The molecule has 4 nitrogen and oxygen atoms in total. The molecule has 0 saturated heterocycles. The summed E-state index contributed by atoms with van der Waals surface area (Å²) >= 11 is 0. The van der Waals surface area contributed by atoms with Gasteiger partial charge in [0.15, 0.2) is 0 Å². The maximum atomic E-state index is 10.6. The number of hydrogen-bond acceptors (Lipinski definition) is 2. The van der Waals surface area contributed by atoms with Gasteiger partial charge in [0.05, 0.1) is 0 Å². The first-order valence-corrected chi connectivity index (χ1v) is 4.72. The average Bonchev–Trinajstić information content (AvgIpc) is 2.62. The minimum Gasteiger partial charge on any atom is -0.480 e. The number of carbonyl (C=O) groups is 1. The van der Waals surface area contributed by atoms with E-state index in [4.69, 9.17) is 10.8 Å². The molecular formula is C11H12CuN2O2Zn. The van der Waals surface area contributed by atoms with Gasteiger partial charge in [0, 0.05) is 60.1 Å². The van der Waals surface area contributed by atoms with Crippen LogP contribution in [-0.2, 0) is 47.8 Å². The van der Waals surface area contributed by atoms with E-state index in [9.17, 15) is 4.79 Å². The zero-order valence-electron chi connectivity index (χ0n) is 9.11. The van der Waals surface area contributed by atoms with E-state index in [1.54, 1.807) is 0 Å². The number of carboxylic acid groups (broad SMARTS) is 1. The molecule has 0 unspecified atom stereocenters. The van der Waals surface area contributed by atoms with Gasteiger partial charge in [0.1, 0.15) is 6.04 Å². The van der Waals surface area contributed by atoms with Crippen molar-refractivity contribution in [2.24, 2.45) is 5.73 Å². The van der Waals surface area contributed by atoms with E-state index in [1.807, 2.05) is 30.5 Å². The van der Waals surface area contributed by atoms with E-state index in [2.05, 4.69) is 4.98 Å². The van der Waals surface area contributed by atoms with Crippen LogP contribution in [0.3, 0.4) is 0 Å². The van der Waals surface area contributed by atoms with Gasteiger partial charge in [-0.1, -0.05) is 18.2 Å². The van der Waals surface area contributed by atoms with E-state index in [-0.39, 0.29) is 36.5 Å². The number of aromatic amines is 1. The maximum Gasteiger partial charge on any atom is 0.320 e. The Morgan fingerprint density at radius 3 is 2.71 bits per heavy atom. The summed E-state index contributed by atoms with van der Waals surface area (Å²) in [6.07, 6.45) is 2.16. The number of aliphatic carboxylic acids is 1. The Bertz CT molecular complexity index is 501. The maximum absolute atomic E-state index is 10.6. The number of fused-ring (bicyclic) bond motifs is 1. The molecule has 17 heavy (non-hydrogen) atoms. The minimum absolute atomic E-state index is 0. The molecule has 1 aromatic heterocycles. The van der Waals surface area contributed by atoms with E-state index < -0.39 is 12.0 Å². The fraction of sp³-hybridized carbons (Fsp3) is 0.182. The number of H-pyrrole nitrogens is 1. The van der Waals surface area contributed by atoms with Crippen LogP contribution in [0.5, 0.6) is 0 Å². The van der Waals surface area contributed by atoms with E-state index in [0.717, 1.165) is 16.5 Å². The minimum atomic E-state index is -0.972. The summed E-state index contributed by atoms with van der Waals surface area (Å²) in [5.74, 6) is -0.972. The van der Waals surface area contributed by atoms with Crippen LogP contribution in [0, 0.1) is 0 Å². The molecule has 0 amide bonds. The fourth-order valence-electron chi connectivity index (χ4n) is 1.62. The van der Waals surface area contributed by atoms with Crippen molar-refractivity contribution in [2.45, 2.75) is 12.5 Å². The first kappa shape index (κ1) is 16.3. The second-order valence-electron chi connectivity index (χ2n) is 3.51. The fourth-order valence-corrected chi connectivity index (χ4v) is 1.62. The summed E-state index contributed by atoms with van der Waals surface area (Å²) in [5.41, 5.74) is 7.43. The van der Waals surface area contributed by atoms with Gasteiger partial charge in [0.2, 0.25) is 0 Å². The molecule has 0 saturated carbocycles. The van der Waals surface area contributed by atoms with E-state index >= 15 is 0 Å². The molecule has 1 aromatic carbocycles. The van der Waals surface area contributed by atoms with Gasteiger partial charge in [-0.3, -0.25) is 4.79 Å². The zero-order valence-corrected chi connectivity index (χ0v) is 13.0. The van der Waals surface area contributed by atoms with Crippen LogP contribution in [0.2, 0.25) is 0 Å². The second kappa shape index (κ2) is 6.92. The molecule has 2 rings (SSSR count). The van der Waals surface area contributed by atoms with Crippen molar-refractivity contribution in [3.05, 3.63) is 36.0 Å². The largest absolute Gasteiger partial charge is 0.480 e. The van der Waals surface area contributed by atoms with E-state index in [0.29, 0.717) is 6.42 Å². The van der Waals surface area contributed by atoms with Gasteiger partial charge in [0.25, 0.3) is 0 Å². The van der Waals surface area contributed by atoms with Gasteiger partial charge in [-0.2, -0.15) is 0 Å². The Balaban J connectivity index is 0.00000128. The van der Waals surface area contributed by atoms with Crippen molar-refractivity contribution < 1.29 is 46.4 Å². The molecule has 1 atom stereocenters. The summed E-state index contributed by atoms with van der Waals surface area (Å²) in [6, 6.07) is 6.91. The van der Waals surface area contributed by atoms with Gasteiger partial charge >= 0.3 is 5.97 Å². The summed E-state index contributed by atoms with van der Waals surface area (Å²) in [4.78, 5) is 13.7. The van der Waals surface area contributed by atoms with Crippen molar-refractivity contribution >= 4 is 16.9 Å². The van der Waals surface area contributed by atoms with Crippen LogP contribution in [0.15, 0.2) is 30.5 Å². The topological polar surface area (TPSA) is 79.1 Å². The van der Waals surface area contributed by atoms with Crippen LogP contribution in [0.4, 0.5) is 0 Å². The average molecular weight is 333 g/mol. The molecule has 4 N–H and O–H groups in total. The zero-order chi connectivity index (χ0) is 10.8. The smallest absolute Gasteiger partial charge is 0.320 e. The van der Waals surface area contributed by atoms with Crippen molar-refractivity contribution in [3.63, 3.8) is 0 Å². The predicted octanol–water partition coefficient (Wildman–Crippen LogP) is 1.12.